The number of aldehydes is 1. The first-order valence-corrected chi connectivity index (χ1v) is 4.57. The molecule has 0 radical (unpaired) electrons. The number of halogens is 2. The van der Waals surface area contributed by atoms with Crippen LogP contribution in [0.1, 0.15) is 10.5 Å². The monoisotopic (exact) mass is 222 g/mol. The number of aryl methyl sites for hydroxylation is 1. The topological polar surface area (TPSA) is 34.9 Å². The third kappa shape index (κ3) is 1.60. The lowest BCUT2D eigenvalue weighted by Crippen LogP contribution is -1.98. The van der Waals surface area contributed by atoms with E-state index in [1.165, 1.54) is 23.9 Å². The van der Waals surface area contributed by atoms with E-state index >= 15 is 0 Å². The van der Waals surface area contributed by atoms with Gasteiger partial charge in [0.25, 0.3) is 0 Å². The van der Waals surface area contributed by atoms with Gasteiger partial charge in [0.2, 0.25) is 0 Å². The molecular formula is C11H8F2N2O. The molecule has 0 amide bonds. The van der Waals surface area contributed by atoms with Gasteiger partial charge in [0.05, 0.1) is 11.3 Å². The summed E-state index contributed by atoms with van der Waals surface area (Å²) in [5, 5.41) is 3.80. The molecule has 1 aromatic carbocycles. The third-order valence-electron chi connectivity index (χ3n) is 2.24. The van der Waals surface area contributed by atoms with Gasteiger partial charge in [-0.2, -0.15) is 5.10 Å². The minimum atomic E-state index is -0.680. The fraction of sp³-hybridized carbons (Fsp3) is 0.0909. The largest absolute Gasteiger partial charge is 0.296 e. The molecule has 2 rings (SSSR count). The number of carbonyl (C=O) groups excluding carboxylic acids is 1. The zero-order valence-electron chi connectivity index (χ0n) is 8.45. The predicted molar refractivity (Wildman–Crippen MR) is 53.9 cm³/mol. The van der Waals surface area contributed by atoms with E-state index < -0.39 is 11.6 Å². The van der Waals surface area contributed by atoms with Gasteiger partial charge in [0.1, 0.15) is 17.3 Å². The van der Waals surface area contributed by atoms with Gasteiger partial charge in [-0.3, -0.25) is 9.48 Å². The lowest BCUT2D eigenvalue weighted by atomic mass is 10.1. The average Bonchev–Trinajstić information content (AvgIpc) is 2.60. The Bertz CT molecular complexity index is 529. The van der Waals surface area contributed by atoms with Gasteiger partial charge >= 0.3 is 0 Å². The second-order valence-corrected chi connectivity index (χ2v) is 3.29. The number of nitrogens with zero attached hydrogens (tertiary/aromatic N) is 2. The van der Waals surface area contributed by atoms with Crippen molar-refractivity contribution in [3.05, 3.63) is 41.6 Å². The second kappa shape index (κ2) is 3.84. The van der Waals surface area contributed by atoms with E-state index in [-0.39, 0.29) is 17.0 Å². The Kier molecular flexibility index (Phi) is 2.52. The summed E-state index contributed by atoms with van der Waals surface area (Å²) in [5.41, 5.74) is 0.198. The molecule has 3 nitrogen and oxygen atoms in total. The molecule has 0 N–H and O–H groups in total. The highest BCUT2D eigenvalue weighted by atomic mass is 19.1. The van der Waals surface area contributed by atoms with Crippen molar-refractivity contribution < 1.29 is 13.6 Å². The lowest BCUT2D eigenvalue weighted by molar-refractivity contribution is 0.111. The van der Waals surface area contributed by atoms with Crippen molar-refractivity contribution in [2.24, 2.45) is 7.05 Å². The highest BCUT2D eigenvalue weighted by Crippen LogP contribution is 2.25. The molecule has 0 atom stereocenters. The first kappa shape index (κ1) is 10.5. The maximum Gasteiger partial charge on any atom is 0.170 e. The molecule has 2 aromatic rings. The van der Waals surface area contributed by atoms with Crippen LogP contribution in [0.15, 0.2) is 24.3 Å². The molecule has 0 saturated heterocycles. The minimum Gasteiger partial charge on any atom is -0.296 e. The molecule has 0 saturated carbocycles. The zero-order valence-corrected chi connectivity index (χ0v) is 8.45. The van der Waals surface area contributed by atoms with E-state index in [0.717, 1.165) is 12.1 Å². The summed E-state index contributed by atoms with van der Waals surface area (Å²) in [6, 6.07) is 4.94. The second-order valence-electron chi connectivity index (χ2n) is 3.29. The van der Waals surface area contributed by atoms with E-state index in [2.05, 4.69) is 5.10 Å². The summed E-state index contributed by atoms with van der Waals surface area (Å²) in [7, 11) is 1.52. The van der Waals surface area contributed by atoms with Gasteiger partial charge in [0, 0.05) is 7.05 Å². The normalized spacial score (nSPS) is 10.4. The van der Waals surface area contributed by atoms with Crippen molar-refractivity contribution in [1.82, 2.24) is 9.78 Å². The van der Waals surface area contributed by atoms with Gasteiger partial charge < -0.3 is 0 Å². The van der Waals surface area contributed by atoms with E-state index in [0.29, 0.717) is 6.29 Å². The Morgan fingerprint density at radius 2 is 1.94 bits per heavy atom. The predicted octanol–water partition coefficient (Wildman–Crippen LogP) is 2.18. The fourth-order valence-electron chi connectivity index (χ4n) is 1.52. The third-order valence-corrected chi connectivity index (χ3v) is 2.24. The Hall–Kier alpha value is -2.04. The average molecular weight is 222 g/mol. The minimum absolute atomic E-state index is 0.139. The van der Waals surface area contributed by atoms with E-state index in [4.69, 9.17) is 0 Å². The van der Waals surface area contributed by atoms with Crippen molar-refractivity contribution in [2.75, 3.05) is 0 Å². The van der Waals surface area contributed by atoms with Crippen molar-refractivity contribution in [3.8, 4) is 11.3 Å². The Labute approximate surface area is 90.3 Å². The van der Waals surface area contributed by atoms with Crippen LogP contribution in [-0.4, -0.2) is 16.1 Å². The van der Waals surface area contributed by atoms with Gasteiger partial charge in [-0.05, 0) is 18.2 Å². The molecule has 1 heterocycles. The SMILES string of the molecule is Cn1nc(C=O)cc1-c1c(F)cccc1F. The summed E-state index contributed by atoms with van der Waals surface area (Å²) in [6.07, 6.45) is 0.530. The van der Waals surface area contributed by atoms with Crippen molar-refractivity contribution in [2.45, 2.75) is 0 Å². The number of benzene rings is 1. The number of hydrogen-bond acceptors (Lipinski definition) is 2. The standard InChI is InChI=1S/C11H8F2N2O/c1-15-10(5-7(6-16)14-15)11-8(12)3-2-4-9(11)13/h2-6H,1H3. The smallest absolute Gasteiger partial charge is 0.170 e. The van der Waals surface area contributed by atoms with Crippen molar-refractivity contribution in [1.29, 1.82) is 0 Å². The maximum atomic E-state index is 13.5. The van der Waals surface area contributed by atoms with E-state index in [9.17, 15) is 13.6 Å². The van der Waals surface area contributed by atoms with Gasteiger partial charge in [-0.1, -0.05) is 6.07 Å². The first-order chi connectivity index (χ1) is 7.63. The van der Waals surface area contributed by atoms with Crippen LogP contribution in [0.3, 0.4) is 0 Å². The molecule has 0 aliphatic heterocycles. The highest BCUT2D eigenvalue weighted by Gasteiger charge is 2.15. The summed E-state index contributed by atoms with van der Waals surface area (Å²) >= 11 is 0. The maximum absolute atomic E-state index is 13.5. The fourth-order valence-corrected chi connectivity index (χ4v) is 1.52. The van der Waals surface area contributed by atoms with Crippen LogP contribution in [0.4, 0.5) is 8.78 Å². The number of rotatable bonds is 2. The molecule has 0 bridgehead atoms. The quantitative estimate of drug-likeness (QED) is 0.730. The summed E-state index contributed by atoms with van der Waals surface area (Å²) in [6.45, 7) is 0. The van der Waals surface area contributed by atoms with Crippen molar-refractivity contribution in [3.63, 3.8) is 0 Å². The van der Waals surface area contributed by atoms with Crippen LogP contribution in [0.5, 0.6) is 0 Å². The van der Waals surface area contributed by atoms with Crippen LogP contribution in [0.25, 0.3) is 11.3 Å². The molecule has 0 aliphatic carbocycles. The first-order valence-electron chi connectivity index (χ1n) is 4.57. The number of aromatic nitrogens is 2. The number of carbonyl (C=O) groups is 1. The molecular weight excluding hydrogens is 214 g/mol. The Balaban J connectivity index is 2.66. The van der Waals surface area contributed by atoms with Crippen LogP contribution >= 0.6 is 0 Å². The van der Waals surface area contributed by atoms with Crippen LogP contribution < -0.4 is 0 Å². The molecule has 0 aliphatic rings. The number of hydrogen-bond donors (Lipinski definition) is 0. The van der Waals surface area contributed by atoms with Crippen molar-refractivity contribution >= 4 is 6.29 Å². The van der Waals surface area contributed by atoms with E-state index in [1.807, 2.05) is 0 Å². The van der Waals surface area contributed by atoms with Crippen LogP contribution in [0.2, 0.25) is 0 Å². The van der Waals surface area contributed by atoms with Gasteiger partial charge in [0.15, 0.2) is 6.29 Å². The van der Waals surface area contributed by atoms with Gasteiger partial charge in [-0.25, -0.2) is 8.78 Å². The Morgan fingerprint density at radius 1 is 1.31 bits per heavy atom. The molecule has 16 heavy (non-hydrogen) atoms. The molecule has 5 heteroatoms. The van der Waals surface area contributed by atoms with E-state index in [1.54, 1.807) is 0 Å². The summed E-state index contributed by atoms with van der Waals surface area (Å²) in [4.78, 5) is 10.5. The molecule has 0 spiro atoms. The zero-order chi connectivity index (χ0) is 11.7. The molecule has 82 valence electrons. The highest BCUT2D eigenvalue weighted by molar-refractivity contribution is 5.75. The lowest BCUT2D eigenvalue weighted by Gasteiger charge is -2.04. The van der Waals surface area contributed by atoms with Crippen LogP contribution in [0, 0.1) is 11.6 Å². The van der Waals surface area contributed by atoms with Crippen LogP contribution in [-0.2, 0) is 7.05 Å². The molecule has 0 unspecified atom stereocenters. The summed E-state index contributed by atoms with van der Waals surface area (Å²) in [5.74, 6) is -1.36. The Morgan fingerprint density at radius 3 is 2.44 bits per heavy atom. The molecule has 1 aromatic heterocycles. The van der Waals surface area contributed by atoms with Gasteiger partial charge in [-0.15, -0.1) is 0 Å². The summed E-state index contributed by atoms with van der Waals surface area (Å²) < 4.78 is 28.2. The molecule has 0 fully saturated rings.